The van der Waals surface area contributed by atoms with Gasteiger partial charge in [-0.2, -0.15) is 0 Å². The fraction of sp³-hybridized carbons (Fsp3) is 0.556. The number of aromatic nitrogens is 1. The molecule has 12 heavy (non-hydrogen) atoms. The molecule has 0 aliphatic rings. The molecule has 0 radical (unpaired) electrons. The molecular weight excluding hydrogens is 150 g/mol. The van der Waals surface area contributed by atoms with Crippen LogP contribution in [0.4, 0.5) is 0 Å². The molecule has 0 aliphatic heterocycles. The van der Waals surface area contributed by atoms with Crippen molar-refractivity contribution in [1.29, 1.82) is 0 Å². The van der Waals surface area contributed by atoms with Crippen LogP contribution in [0.2, 0.25) is 0 Å². The first-order valence-electron chi connectivity index (χ1n) is 4.29. The third-order valence-electron chi connectivity index (χ3n) is 1.84. The number of rotatable bonds is 4. The second-order valence-corrected chi connectivity index (χ2v) is 3.01. The van der Waals surface area contributed by atoms with Crippen LogP contribution in [0.5, 0.6) is 0 Å². The highest BCUT2D eigenvalue weighted by molar-refractivity contribution is 5.06. The van der Waals surface area contributed by atoms with Crippen molar-refractivity contribution < 1.29 is 0 Å². The van der Waals surface area contributed by atoms with Crippen LogP contribution in [-0.4, -0.2) is 23.7 Å². The molecule has 0 fully saturated rings. The second kappa shape index (κ2) is 4.28. The van der Waals surface area contributed by atoms with Gasteiger partial charge in [-0.05, 0) is 19.1 Å². The van der Waals surface area contributed by atoms with Gasteiger partial charge < -0.3 is 4.57 Å². The molecule has 0 aromatic carbocycles. The summed E-state index contributed by atoms with van der Waals surface area (Å²) in [6.45, 7) is 4.09. The quantitative estimate of drug-likeness (QED) is 0.677. The van der Waals surface area contributed by atoms with Gasteiger partial charge in [0.05, 0.1) is 6.54 Å². The largest absolute Gasteiger partial charge is 0.350 e. The minimum absolute atomic E-state index is 0.897. The standard InChI is InChI=1S/C9H17N3/c1-4-12-7-5-6-9(12)8-10-11(2)3/h5-7,10H,4,8H2,1-3H3. The van der Waals surface area contributed by atoms with Gasteiger partial charge in [0.15, 0.2) is 0 Å². The van der Waals surface area contributed by atoms with E-state index in [-0.39, 0.29) is 0 Å². The lowest BCUT2D eigenvalue weighted by atomic mass is 10.4. The average Bonchev–Trinajstić information content (AvgIpc) is 2.47. The Balaban J connectivity index is 2.50. The second-order valence-electron chi connectivity index (χ2n) is 3.01. The van der Waals surface area contributed by atoms with E-state index in [2.05, 4.69) is 35.2 Å². The lowest BCUT2D eigenvalue weighted by Gasteiger charge is -2.13. The number of nitrogens with zero attached hydrogens (tertiary/aromatic N) is 2. The minimum atomic E-state index is 0.897. The van der Waals surface area contributed by atoms with Crippen LogP contribution in [0.25, 0.3) is 0 Å². The molecule has 0 unspecified atom stereocenters. The third-order valence-corrected chi connectivity index (χ3v) is 1.84. The monoisotopic (exact) mass is 167 g/mol. The fourth-order valence-electron chi connectivity index (χ4n) is 1.16. The van der Waals surface area contributed by atoms with Gasteiger partial charge in [0.1, 0.15) is 0 Å². The highest BCUT2D eigenvalue weighted by atomic mass is 15.5. The number of hydrazine groups is 1. The summed E-state index contributed by atoms with van der Waals surface area (Å²) in [6, 6.07) is 4.22. The van der Waals surface area contributed by atoms with E-state index in [0.717, 1.165) is 13.1 Å². The number of nitrogens with one attached hydrogen (secondary N) is 1. The van der Waals surface area contributed by atoms with Gasteiger partial charge in [0, 0.05) is 32.5 Å². The Kier molecular flexibility index (Phi) is 3.31. The molecule has 1 aromatic heterocycles. The summed E-state index contributed by atoms with van der Waals surface area (Å²) in [5, 5.41) is 1.97. The molecule has 0 atom stereocenters. The van der Waals surface area contributed by atoms with Crippen molar-refractivity contribution in [2.24, 2.45) is 0 Å². The van der Waals surface area contributed by atoms with Gasteiger partial charge in [-0.25, -0.2) is 5.43 Å². The molecule has 1 N–H and O–H groups in total. The molecule has 1 heterocycles. The van der Waals surface area contributed by atoms with Crippen LogP contribution in [0, 0.1) is 0 Å². The van der Waals surface area contributed by atoms with Crippen LogP contribution in [0.15, 0.2) is 18.3 Å². The van der Waals surface area contributed by atoms with Gasteiger partial charge in [0.2, 0.25) is 0 Å². The minimum Gasteiger partial charge on any atom is -0.350 e. The van der Waals surface area contributed by atoms with E-state index in [9.17, 15) is 0 Å². The summed E-state index contributed by atoms with van der Waals surface area (Å²) in [5.74, 6) is 0. The molecular formula is C9H17N3. The van der Waals surface area contributed by atoms with Gasteiger partial charge >= 0.3 is 0 Å². The van der Waals surface area contributed by atoms with Crippen LogP contribution in [-0.2, 0) is 13.1 Å². The Bertz CT molecular complexity index is 227. The van der Waals surface area contributed by atoms with E-state index in [1.54, 1.807) is 0 Å². The van der Waals surface area contributed by atoms with E-state index >= 15 is 0 Å². The predicted molar refractivity (Wildman–Crippen MR) is 50.6 cm³/mol. The number of hydrogen-bond acceptors (Lipinski definition) is 2. The molecule has 0 saturated carbocycles. The van der Waals surface area contributed by atoms with Gasteiger partial charge in [-0.3, -0.25) is 5.01 Å². The third kappa shape index (κ3) is 2.36. The van der Waals surface area contributed by atoms with E-state index in [4.69, 9.17) is 0 Å². The lowest BCUT2D eigenvalue weighted by Crippen LogP contribution is -2.30. The van der Waals surface area contributed by atoms with Crippen molar-refractivity contribution in [1.82, 2.24) is 15.0 Å². The van der Waals surface area contributed by atoms with Gasteiger partial charge in [-0.15, -0.1) is 0 Å². The highest BCUT2D eigenvalue weighted by Crippen LogP contribution is 2.00. The highest BCUT2D eigenvalue weighted by Gasteiger charge is 1.97. The number of aryl methyl sites for hydroxylation is 1. The molecule has 68 valence electrons. The van der Waals surface area contributed by atoms with Crippen molar-refractivity contribution >= 4 is 0 Å². The molecule has 0 amide bonds. The van der Waals surface area contributed by atoms with Crippen molar-refractivity contribution in [3.8, 4) is 0 Å². The first kappa shape index (κ1) is 9.29. The van der Waals surface area contributed by atoms with Crippen molar-refractivity contribution in [2.75, 3.05) is 14.1 Å². The summed E-state index contributed by atoms with van der Waals surface area (Å²) in [5.41, 5.74) is 4.56. The zero-order valence-electron chi connectivity index (χ0n) is 8.04. The van der Waals surface area contributed by atoms with E-state index < -0.39 is 0 Å². The molecule has 1 rings (SSSR count). The SMILES string of the molecule is CCn1cccc1CNN(C)C. The van der Waals surface area contributed by atoms with Gasteiger partial charge in [0.25, 0.3) is 0 Å². The van der Waals surface area contributed by atoms with Crippen LogP contribution in [0.3, 0.4) is 0 Å². The molecule has 0 aliphatic carbocycles. The summed E-state index contributed by atoms with van der Waals surface area (Å²) in [7, 11) is 4.00. The Morgan fingerprint density at radius 1 is 1.50 bits per heavy atom. The fourth-order valence-corrected chi connectivity index (χ4v) is 1.16. The average molecular weight is 167 g/mol. The maximum atomic E-state index is 3.24. The van der Waals surface area contributed by atoms with Crippen molar-refractivity contribution in [2.45, 2.75) is 20.0 Å². The summed E-state index contributed by atoms with van der Waals surface area (Å²) in [6.07, 6.45) is 2.10. The zero-order valence-corrected chi connectivity index (χ0v) is 8.04. The predicted octanol–water partition coefficient (Wildman–Crippen LogP) is 1.07. The topological polar surface area (TPSA) is 20.2 Å². The van der Waals surface area contributed by atoms with Crippen molar-refractivity contribution in [3.05, 3.63) is 24.0 Å². The smallest absolute Gasteiger partial charge is 0.0506 e. The normalized spacial score (nSPS) is 11.0. The first-order valence-corrected chi connectivity index (χ1v) is 4.29. The Labute approximate surface area is 74.0 Å². The van der Waals surface area contributed by atoms with Gasteiger partial charge in [-0.1, -0.05) is 0 Å². The Morgan fingerprint density at radius 2 is 2.25 bits per heavy atom. The summed E-state index contributed by atoms with van der Waals surface area (Å²) >= 11 is 0. The maximum absolute atomic E-state index is 3.24. The number of hydrogen-bond donors (Lipinski definition) is 1. The van der Waals surface area contributed by atoms with E-state index in [0.29, 0.717) is 0 Å². The van der Waals surface area contributed by atoms with Crippen LogP contribution in [0.1, 0.15) is 12.6 Å². The lowest BCUT2D eigenvalue weighted by molar-refractivity contribution is 0.282. The van der Waals surface area contributed by atoms with E-state index in [1.165, 1.54) is 5.69 Å². The van der Waals surface area contributed by atoms with Crippen molar-refractivity contribution in [3.63, 3.8) is 0 Å². The Morgan fingerprint density at radius 3 is 2.83 bits per heavy atom. The molecule has 0 saturated heterocycles. The van der Waals surface area contributed by atoms with E-state index in [1.807, 2.05) is 19.1 Å². The maximum Gasteiger partial charge on any atom is 0.0506 e. The molecule has 3 heteroatoms. The molecule has 1 aromatic rings. The van der Waals surface area contributed by atoms with Crippen LogP contribution < -0.4 is 5.43 Å². The molecule has 0 spiro atoms. The van der Waals surface area contributed by atoms with Crippen LogP contribution >= 0.6 is 0 Å². The molecule has 3 nitrogen and oxygen atoms in total. The zero-order chi connectivity index (χ0) is 8.97. The molecule has 0 bridgehead atoms. The summed E-state index contributed by atoms with van der Waals surface area (Å²) in [4.78, 5) is 0. The summed E-state index contributed by atoms with van der Waals surface area (Å²) < 4.78 is 2.23. The Hall–Kier alpha value is -0.800. The first-order chi connectivity index (χ1) is 5.74.